The fourth-order valence-corrected chi connectivity index (χ4v) is 5.97. The first-order chi connectivity index (χ1) is 20.8. The lowest BCUT2D eigenvalue weighted by atomic mass is 9.96. The van der Waals surface area contributed by atoms with Crippen molar-refractivity contribution in [3.63, 3.8) is 0 Å². The fraction of sp³-hybridized carbons (Fsp3) is 0.258. The number of nitrogens with zero attached hydrogens (tertiary/aromatic N) is 4. The number of thioether (sulfide) groups is 1. The van der Waals surface area contributed by atoms with E-state index in [1.807, 2.05) is 36.6 Å². The van der Waals surface area contributed by atoms with Crippen molar-refractivity contribution in [1.82, 2.24) is 15.3 Å². The zero-order chi connectivity index (χ0) is 30.8. The number of rotatable bonds is 14. The second-order valence-electron chi connectivity index (χ2n) is 9.37. The minimum absolute atomic E-state index is 0.279. The third kappa shape index (κ3) is 8.25. The summed E-state index contributed by atoms with van der Waals surface area (Å²) >= 11 is 8.95. The van der Waals surface area contributed by atoms with Crippen molar-refractivity contribution in [2.45, 2.75) is 37.1 Å². The summed E-state index contributed by atoms with van der Waals surface area (Å²) in [5.41, 5.74) is 3.64. The summed E-state index contributed by atoms with van der Waals surface area (Å²) in [6.07, 6.45) is 0.836. The number of hydrogen-bond acceptors (Lipinski definition) is 10. The Bertz CT molecular complexity index is 1650. The van der Waals surface area contributed by atoms with Gasteiger partial charge in [-0.3, -0.25) is 4.79 Å². The van der Waals surface area contributed by atoms with Crippen LogP contribution in [0.2, 0.25) is 5.02 Å². The second kappa shape index (κ2) is 15.4. The number of ether oxygens (including phenoxy) is 1. The number of carboxylic acids is 1. The smallest absolute Gasteiger partial charge is 0.320 e. The molecular weight excluding hydrogens is 604 g/mol. The van der Waals surface area contributed by atoms with Crippen LogP contribution in [0.5, 0.6) is 5.75 Å². The molecule has 0 unspecified atom stereocenters. The predicted molar refractivity (Wildman–Crippen MR) is 171 cm³/mol. The van der Waals surface area contributed by atoms with Gasteiger partial charge < -0.3 is 20.5 Å². The molecule has 2 aromatic carbocycles. The Balaban J connectivity index is 1.59. The average molecular weight is 633 g/mol. The number of halogens is 1. The van der Waals surface area contributed by atoms with Crippen molar-refractivity contribution < 1.29 is 14.6 Å². The van der Waals surface area contributed by atoms with Crippen molar-refractivity contribution in [1.29, 1.82) is 10.5 Å². The van der Waals surface area contributed by atoms with Gasteiger partial charge >= 0.3 is 5.97 Å². The lowest BCUT2D eigenvalue weighted by Crippen LogP contribution is -2.36. The van der Waals surface area contributed by atoms with E-state index in [1.165, 1.54) is 23.1 Å². The largest absolute Gasteiger partial charge is 0.492 e. The maximum atomic E-state index is 11.0. The van der Waals surface area contributed by atoms with Crippen molar-refractivity contribution >= 4 is 46.5 Å². The molecule has 2 aromatic heterocycles. The van der Waals surface area contributed by atoms with E-state index in [-0.39, 0.29) is 6.61 Å². The standard InChI is InChI=1S/C31H29ClN6O3S2/c1-3-12-36-28-25(15-33)27(20-6-10-24(11-7-20)41-14-13-35-19(2)31(39)40)26(16-34)30(38-28)43-18-23-17-42-29(37-23)21-4-8-22(32)9-5-21/h4-11,17,19,35H,3,12-14,18H2,1-2H3,(H,36,38)(H,39,40)/t19-/m0/s1. The second-order valence-corrected chi connectivity index (χ2v) is 11.6. The van der Waals surface area contributed by atoms with Gasteiger partial charge in [0.2, 0.25) is 0 Å². The summed E-state index contributed by atoms with van der Waals surface area (Å²) < 4.78 is 5.74. The molecule has 0 aliphatic rings. The molecule has 0 spiro atoms. The Kier molecular flexibility index (Phi) is 11.4. The van der Waals surface area contributed by atoms with Crippen LogP contribution < -0.4 is 15.4 Å². The summed E-state index contributed by atoms with van der Waals surface area (Å²) in [4.78, 5) is 20.4. The summed E-state index contributed by atoms with van der Waals surface area (Å²) in [5, 5.41) is 39.6. The van der Waals surface area contributed by atoms with Gasteiger partial charge in [-0.2, -0.15) is 10.5 Å². The summed E-state index contributed by atoms with van der Waals surface area (Å²) in [6.45, 7) is 4.85. The Morgan fingerprint density at radius 3 is 2.42 bits per heavy atom. The van der Waals surface area contributed by atoms with Crippen LogP contribution in [0, 0.1) is 22.7 Å². The molecule has 2 heterocycles. The number of carboxylic acid groups (broad SMARTS) is 1. The number of pyridine rings is 1. The van der Waals surface area contributed by atoms with Crippen LogP contribution in [0.1, 0.15) is 37.1 Å². The molecule has 0 fully saturated rings. The van der Waals surface area contributed by atoms with Gasteiger partial charge in [-0.1, -0.05) is 54.6 Å². The average Bonchev–Trinajstić information content (AvgIpc) is 3.50. The van der Waals surface area contributed by atoms with Gasteiger partial charge in [-0.05, 0) is 43.2 Å². The van der Waals surface area contributed by atoms with Crippen molar-refractivity contribution in [2.75, 3.05) is 25.0 Å². The van der Waals surface area contributed by atoms with E-state index in [0.29, 0.717) is 62.7 Å². The van der Waals surface area contributed by atoms with Crippen molar-refractivity contribution in [3.8, 4) is 39.6 Å². The molecular formula is C31H29ClN6O3S2. The minimum atomic E-state index is -0.928. The van der Waals surface area contributed by atoms with Crippen molar-refractivity contribution in [3.05, 3.63) is 75.8 Å². The number of nitrogens with one attached hydrogen (secondary N) is 2. The first-order valence-electron chi connectivity index (χ1n) is 13.5. The molecule has 220 valence electrons. The molecule has 43 heavy (non-hydrogen) atoms. The molecule has 9 nitrogen and oxygen atoms in total. The molecule has 12 heteroatoms. The molecule has 4 aromatic rings. The Morgan fingerprint density at radius 1 is 1.07 bits per heavy atom. The lowest BCUT2D eigenvalue weighted by molar-refractivity contribution is -0.139. The van der Waals surface area contributed by atoms with Crippen LogP contribution in [0.3, 0.4) is 0 Å². The highest BCUT2D eigenvalue weighted by atomic mass is 35.5. The van der Waals surface area contributed by atoms with Crippen LogP contribution in [0.25, 0.3) is 21.7 Å². The molecule has 0 aliphatic heterocycles. The first kappa shape index (κ1) is 31.8. The number of aliphatic carboxylic acids is 1. The Hall–Kier alpha value is -4.13. The van der Waals surface area contributed by atoms with Crippen LogP contribution >= 0.6 is 34.7 Å². The van der Waals surface area contributed by atoms with Crippen LogP contribution in [-0.4, -0.2) is 46.8 Å². The monoisotopic (exact) mass is 632 g/mol. The number of anilines is 1. The van der Waals surface area contributed by atoms with E-state index in [2.05, 4.69) is 22.8 Å². The Morgan fingerprint density at radius 2 is 1.77 bits per heavy atom. The summed E-state index contributed by atoms with van der Waals surface area (Å²) in [5.74, 6) is 0.576. The van der Waals surface area contributed by atoms with Crippen LogP contribution in [0.4, 0.5) is 5.82 Å². The van der Waals surface area contributed by atoms with Gasteiger partial charge in [0.05, 0.1) is 11.3 Å². The molecule has 0 bridgehead atoms. The third-order valence-corrected chi connectivity index (χ3v) is 8.47. The summed E-state index contributed by atoms with van der Waals surface area (Å²) in [6, 6.07) is 18.5. The number of nitriles is 2. The normalized spacial score (nSPS) is 11.4. The van der Waals surface area contributed by atoms with E-state index >= 15 is 0 Å². The van der Waals surface area contributed by atoms with E-state index in [9.17, 15) is 15.3 Å². The van der Waals surface area contributed by atoms with Gasteiger partial charge in [-0.25, -0.2) is 9.97 Å². The molecule has 0 radical (unpaired) electrons. The number of hydrogen-bond donors (Lipinski definition) is 3. The minimum Gasteiger partial charge on any atom is -0.492 e. The number of thiazole rings is 1. The first-order valence-corrected chi connectivity index (χ1v) is 15.7. The number of aromatic nitrogens is 2. The SMILES string of the molecule is CCCNc1nc(SCc2csc(-c3ccc(Cl)cc3)n2)c(C#N)c(-c2ccc(OCCN[C@@H](C)C(=O)O)cc2)c1C#N. The van der Waals surface area contributed by atoms with E-state index < -0.39 is 12.0 Å². The molecule has 0 amide bonds. The molecule has 0 saturated heterocycles. The quantitative estimate of drug-likeness (QED) is 0.0999. The highest BCUT2D eigenvalue weighted by Gasteiger charge is 2.22. The van der Waals surface area contributed by atoms with Gasteiger partial charge in [0.15, 0.2) is 0 Å². The topological polar surface area (TPSA) is 144 Å². The van der Waals surface area contributed by atoms with Gasteiger partial charge in [0, 0.05) is 40.4 Å². The lowest BCUT2D eigenvalue weighted by Gasteiger charge is -2.16. The predicted octanol–water partition coefficient (Wildman–Crippen LogP) is 6.82. The van der Waals surface area contributed by atoms with Crippen LogP contribution in [-0.2, 0) is 10.5 Å². The zero-order valence-corrected chi connectivity index (χ0v) is 25.9. The molecule has 4 rings (SSSR count). The highest BCUT2D eigenvalue weighted by molar-refractivity contribution is 7.98. The summed E-state index contributed by atoms with van der Waals surface area (Å²) in [7, 11) is 0. The molecule has 0 saturated carbocycles. The van der Waals surface area contributed by atoms with E-state index in [4.69, 9.17) is 31.4 Å². The van der Waals surface area contributed by atoms with Gasteiger partial charge in [0.25, 0.3) is 0 Å². The maximum Gasteiger partial charge on any atom is 0.320 e. The number of carbonyl (C=O) groups is 1. The fourth-order valence-electron chi connectivity index (χ4n) is 4.03. The van der Waals surface area contributed by atoms with E-state index in [0.717, 1.165) is 22.7 Å². The maximum absolute atomic E-state index is 11.0. The zero-order valence-electron chi connectivity index (χ0n) is 23.6. The third-order valence-electron chi connectivity index (χ3n) is 6.26. The highest BCUT2D eigenvalue weighted by Crippen LogP contribution is 2.38. The van der Waals surface area contributed by atoms with E-state index in [1.54, 1.807) is 31.2 Å². The Labute approximate surface area is 263 Å². The molecule has 3 N–H and O–H groups in total. The molecule has 1 atom stereocenters. The molecule has 0 aliphatic carbocycles. The van der Waals surface area contributed by atoms with Crippen LogP contribution in [0.15, 0.2) is 58.9 Å². The van der Waals surface area contributed by atoms with Crippen molar-refractivity contribution in [2.24, 2.45) is 0 Å². The number of benzene rings is 2. The van der Waals surface area contributed by atoms with Gasteiger partial charge in [0.1, 0.15) is 52.0 Å². The van der Waals surface area contributed by atoms with Gasteiger partial charge in [-0.15, -0.1) is 11.3 Å².